The van der Waals surface area contributed by atoms with Crippen LogP contribution in [0.4, 0.5) is 4.39 Å². The van der Waals surface area contributed by atoms with Crippen molar-refractivity contribution < 1.29 is 17.6 Å². The highest BCUT2D eigenvalue weighted by Crippen LogP contribution is 2.21. The van der Waals surface area contributed by atoms with Gasteiger partial charge >= 0.3 is 0 Å². The van der Waals surface area contributed by atoms with Crippen molar-refractivity contribution >= 4 is 15.9 Å². The molecule has 1 aliphatic heterocycles. The number of benzene rings is 1. The van der Waals surface area contributed by atoms with Gasteiger partial charge in [-0.1, -0.05) is 12.1 Å². The number of nitrogens with one attached hydrogen (secondary N) is 2. The van der Waals surface area contributed by atoms with Gasteiger partial charge in [0.05, 0.1) is 0 Å². The van der Waals surface area contributed by atoms with Crippen molar-refractivity contribution in [2.45, 2.75) is 31.2 Å². The summed E-state index contributed by atoms with van der Waals surface area (Å²) in [6.45, 7) is 2.91. The lowest BCUT2D eigenvalue weighted by Gasteiger charge is -2.13. The van der Waals surface area contributed by atoms with Crippen LogP contribution in [-0.4, -0.2) is 36.7 Å². The Kier molecular flexibility index (Phi) is 4.91. The Labute approximate surface area is 146 Å². The van der Waals surface area contributed by atoms with E-state index in [0.717, 1.165) is 18.4 Å². The number of sulfonamides is 1. The summed E-state index contributed by atoms with van der Waals surface area (Å²) in [6, 6.07) is 5.96. The molecule has 0 saturated carbocycles. The van der Waals surface area contributed by atoms with Crippen molar-refractivity contribution in [1.82, 2.24) is 14.6 Å². The Hall–Kier alpha value is -2.19. The number of aryl methyl sites for hydroxylation is 1. The SMILES string of the molecule is Cc1cc(CNC(=O)c2cc(S(=O)(=O)N3CCCC3)c[nH]2)ccc1F. The zero-order valence-electron chi connectivity index (χ0n) is 13.9. The summed E-state index contributed by atoms with van der Waals surface area (Å²) < 4.78 is 39.6. The first-order chi connectivity index (χ1) is 11.9. The molecule has 1 aliphatic rings. The minimum absolute atomic E-state index is 0.0946. The Morgan fingerprint density at radius 3 is 2.68 bits per heavy atom. The van der Waals surface area contributed by atoms with Crippen molar-refractivity contribution in [3.05, 3.63) is 53.1 Å². The van der Waals surface area contributed by atoms with Crippen molar-refractivity contribution in [2.75, 3.05) is 13.1 Å². The van der Waals surface area contributed by atoms with Crippen LogP contribution in [0.3, 0.4) is 0 Å². The molecule has 0 atom stereocenters. The second-order valence-corrected chi connectivity index (χ2v) is 8.06. The minimum atomic E-state index is -3.55. The smallest absolute Gasteiger partial charge is 0.268 e. The van der Waals surface area contributed by atoms with E-state index in [-0.39, 0.29) is 23.0 Å². The van der Waals surface area contributed by atoms with E-state index in [1.54, 1.807) is 19.1 Å². The van der Waals surface area contributed by atoms with Crippen LogP contribution < -0.4 is 5.32 Å². The third-order valence-corrected chi connectivity index (χ3v) is 6.16. The molecule has 134 valence electrons. The second kappa shape index (κ2) is 6.97. The molecule has 0 unspecified atom stereocenters. The van der Waals surface area contributed by atoms with Gasteiger partial charge in [0.2, 0.25) is 10.0 Å². The number of rotatable bonds is 5. The van der Waals surface area contributed by atoms with Crippen molar-refractivity contribution in [1.29, 1.82) is 0 Å². The summed E-state index contributed by atoms with van der Waals surface area (Å²) in [5, 5.41) is 2.70. The highest BCUT2D eigenvalue weighted by Gasteiger charge is 2.28. The summed E-state index contributed by atoms with van der Waals surface area (Å²) in [5.74, 6) is -0.707. The van der Waals surface area contributed by atoms with Crippen LogP contribution in [0.5, 0.6) is 0 Å². The number of H-pyrrole nitrogens is 1. The topological polar surface area (TPSA) is 82.3 Å². The normalized spacial score (nSPS) is 15.4. The van der Waals surface area contributed by atoms with Crippen LogP contribution in [0.25, 0.3) is 0 Å². The number of hydrogen-bond acceptors (Lipinski definition) is 3. The summed E-state index contributed by atoms with van der Waals surface area (Å²) in [6.07, 6.45) is 3.05. The lowest BCUT2D eigenvalue weighted by Crippen LogP contribution is -2.27. The number of halogens is 1. The van der Waals surface area contributed by atoms with Crippen LogP contribution >= 0.6 is 0 Å². The molecular weight excluding hydrogens is 345 g/mol. The van der Waals surface area contributed by atoms with Crippen molar-refractivity contribution in [3.8, 4) is 0 Å². The van der Waals surface area contributed by atoms with Crippen LogP contribution in [0.1, 0.15) is 34.5 Å². The first-order valence-electron chi connectivity index (χ1n) is 8.10. The quantitative estimate of drug-likeness (QED) is 0.852. The van der Waals surface area contributed by atoms with E-state index in [1.165, 1.54) is 22.6 Å². The Morgan fingerprint density at radius 1 is 1.28 bits per heavy atom. The average molecular weight is 365 g/mol. The van der Waals surface area contributed by atoms with Gasteiger partial charge in [-0.25, -0.2) is 12.8 Å². The van der Waals surface area contributed by atoms with E-state index >= 15 is 0 Å². The van der Waals surface area contributed by atoms with Crippen molar-refractivity contribution in [2.24, 2.45) is 0 Å². The predicted molar refractivity (Wildman–Crippen MR) is 91.1 cm³/mol. The van der Waals surface area contributed by atoms with Gasteiger partial charge < -0.3 is 10.3 Å². The Balaban J connectivity index is 1.67. The van der Waals surface area contributed by atoms with Crippen LogP contribution in [0.15, 0.2) is 35.4 Å². The highest BCUT2D eigenvalue weighted by molar-refractivity contribution is 7.89. The molecule has 1 aromatic carbocycles. The van der Waals surface area contributed by atoms with Gasteiger partial charge in [0.25, 0.3) is 5.91 Å². The lowest BCUT2D eigenvalue weighted by atomic mass is 10.1. The molecule has 2 N–H and O–H groups in total. The number of aromatic nitrogens is 1. The monoisotopic (exact) mass is 365 g/mol. The van der Waals surface area contributed by atoms with Crippen LogP contribution in [0, 0.1) is 12.7 Å². The van der Waals surface area contributed by atoms with Gasteiger partial charge in [0.1, 0.15) is 16.4 Å². The molecule has 0 spiro atoms. The molecule has 6 nitrogen and oxygen atoms in total. The summed E-state index contributed by atoms with van der Waals surface area (Å²) >= 11 is 0. The fourth-order valence-electron chi connectivity index (χ4n) is 2.83. The molecule has 8 heteroatoms. The zero-order valence-corrected chi connectivity index (χ0v) is 14.7. The minimum Gasteiger partial charge on any atom is -0.356 e. The molecule has 1 saturated heterocycles. The van der Waals surface area contributed by atoms with Gasteiger partial charge in [0, 0.05) is 25.8 Å². The predicted octanol–water partition coefficient (Wildman–Crippen LogP) is 2.18. The van der Waals surface area contributed by atoms with Crippen molar-refractivity contribution in [3.63, 3.8) is 0 Å². The molecule has 2 heterocycles. The molecule has 1 amide bonds. The maximum Gasteiger partial charge on any atom is 0.268 e. The molecular formula is C17H20FN3O3S. The Morgan fingerprint density at radius 2 is 2.00 bits per heavy atom. The summed E-state index contributed by atoms with van der Waals surface area (Å²) in [5.41, 5.74) is 1.45. The molecule has 1 fully saturated rings. The molecule has 2 aromatic rings. The summed E-state index contributed by atoms with van der Waals surface area (Å²) in [4.78, 5) is 15.0. The highest BCUT2D eigenvalue weighted by atomic mass is 32.2. The van der Waals surface area contributed by atoms with Crippen LogP contribution in [0.2, 0.25) is 0 Å². The second-order valence-electron chi connectivity index (χ2n) is 6.13. The number of hydrogen-bond donors (Lipinski definition) is 2. The Bertz CT molecular complexity index is 886. The first kappa shape index (κ1) is 17.6. The first-order valence-corrected chi connectivity index (χ1v) is 9.54. The van der Waals surface area contributed by atoms with E-state index in [0.29, 0.717) is 18.7 Å². The lowest BCUT2D eigenvalue weighted by molar-refractivity contribution is 0.0946. The molecule has 0 aliphatic carbocycles. The van der Waals surface area contributed by atoms with E-state index in [4.69, 9.17) is 0 Å². The number of nitrogens with zero attached hydrogens (tertiary/aromatic N) is 1. The van der Waals surface area contributed by atoms with E-state index in [2.05, 4.69) is 10.3 Å². The zero-order chi connectivity index (χ0) is 18.0. The van der Waals surface area contributed by atoms with Gasteiger partial charge in [-0.2, -0.15) is 4.31 Å². The number of carbonyl (C=O) groups is 1. The number of amides is 1. The molecule has 0 bridgehead atoms. The number of aromatic amines is 1. The standard InChI is InChI=1S/C17H20FN3O3S/c1-12-8-13(4-5-15(12)18)10-20-17(22)16-9-14(11-19-16)25(23,24)21-6-2-3-7-21/h4-5,8-9,11,19H,2-3,6-7,10H2,1H3,(H,20,22). The van der Waals surface area contributed by atoms with E-state index in [9.17, 15) is 17.6 Å². The van der Waals surface area contributed by atoms with Crippen LogP contribution in [-0.2, 0) is 16.6 Å². The van der Waals surface area contributed by atoms with E-state index < -0.39 is 15.9 Å². The molecule has 3 rings (SSSR count). The third kappa shape index (κ3) is 3.74. The summed E-state index contributed by atoms with van der Waals surface area (Å²) in [7, 11) is -3.55. The number of carbonyl (C=O) groups excluding carboxylic acids is 1. The molecule has 0 radical (unpaired) electrons. The third-order valence-electron chi connectivity index (χ3n) is 4.28. The fraction of sp³-hybridized carbons (Fsp3) is 0.353. The molecule has 1 aromatic heterocycles. The maximum atomic E-state index is 13.3. The maximum absolute atomic E-state index is 13.3. The van der Waals surface area contributed by atoms with Gasteiger partial charge in [-0.3, -0.25) is 4.79 Å². The van der Waals surface area contributed by atoms with Gasteiger partial charge in [-0.05, 0) is 43.0 Å². The fourth-order valence-corrected chi connectivity index (χ4v) is 4.34. The largest absolute Gasteiger partial charge is 0.356 e. The molecule has 25 heavy (non-hydrogen) atoms. The van der Waals surface area contributed by atoms with Gasteiger partial charge in [0.15, 0.2) is 0 Å². The van der Waals surface area contributed by atoms with E-state index in [1.807, 2.05) is 0 Å². The average Bonchev–Trinajstić information content (AvgIpc) is 3.27. The van der Waals surface area contributed by atoms with Gasteiger partial charge in [-0.15, -0.1) is 0 Å².